The van der Waals surface area contributed by atoms with Gasteiger partial charge in [0, 0.05) is 36.9 Å². The van der Waals surface area contributed by atoms with Crippen molar-refractivity contribution < 1.29 is 0 Å². The lowest BCUT2D eigenvalue weighted by Crippen LogP contribution is -2.53. The summed E-state index contributed by atoms with van der Waals surface area (Å²) in [5.74, 6) is 1.51. The molecule has 33 heavy (non-hydrogen) atoms. The number of aryl methyl sites for hydroxylation is 1. The summed E-state index contributed by atoms with van der Waals surface area (Å²) in [5, 5.41) is 7.00. The summed E-state index contributed by atoms with van der Waals surface area (Å²) in [6.45, 7) is 8.48. The van der Waals surface area contributed by atoms with E-state index in [2.05, 4.69) is 44.3 Å². The van der Waals surface area contributed by atoms with Crippen LogP contribution in [0.4, 0.5) is 17.5 Å². The van der Waals surface area contributed by atoms with Gasteiger partial charge in [0.2, 0.25) is 5.95 Å². The zero-order valence-corrected chi connectivity index (χ0v) is 19.5. The molecule has 8 heteroatoms. The van der Waals surface area contributed by atoms with Gasteiger partial charge in [-0.25, -0.2) is 15.0 Å². The van der Waals surface area contributed by atoms with Gasteiger partial charge in [-0.2, -0.15) is 0 Å². The first-order valence-corrected chi connectivity index (χ1v) is 11.6. The number of anilines is 3. The SMILES string of the molecule is Cc1cccn(-c2ccc(N[C@H]3CC[C@H](Nc4ncc(N5CC(C)(C)C5)cn4)C3)nc2)c1=O. The Bertz CT molecular complexity index is 1160. The van der Waals surface area contributed by atoms with Crippen LogP contribution in [0.5, 0.6) is 0 Å². The van der Waals surface area contributed by atoms with E-state index in [1.165, 1.54) is 0 Å². The van der Waals surface area contributed by atoms with Crippen molar-refractivity contribution in [3.8, 4) is 5.69 Å². The maximum Gasteiger partial charge on any atom is 0.258 e. The van der Waals surface area contributed by atoms with Crippen LogP contribution in [0.25, 0.3) is 5.69 Å². The Balaban J connectivity index is 1.14. The van der Waals surface area contributed by atoms with E-state index < -0.39 is 0 Å². The Labute approximate surface area is 194 Å². The molecule has 0 radical (unpaired) electrons. The van der Waals surface area contributed by atoms with E-state index >= 15 is 0 Å². The molecule has 0 aromatic carbocycles. The molecule has 3 aromatic heterocycles. The molecule has 1 aliphatic heterocycles. The fourth-order valence-corrected chi connectivity index (χ4v) is 4.78. The minimum absolute atomic E-state index is 0.0197. The van der Waals surface area contributed by atoms with Crippen molar-refractivity contribution >= 4 is 17.5 Å². The highest BCUT2D eigenvalue weighted by Crippen LogP contribution is 2.33. The van der Waals surface area contributed by atoms with E-state index in [0.29, 0.717) is 29.0 Å². The average molecular weight is 446 g/mol. The molecular weight excluding hydrogens is 414 g/mol. The summed E-state index contributed by atoms with van der Waals surface area (Å²) >= 11 is 0. The Morgan fingerprint density at radius 1 is 0.939 bits per heavy atom. The molecule has 3 aromatic rings. The Kier molecular flexibility index (Phi) is 5.52. The molecule has 0 bridgehead atoms. The van der Waals surface area contributed by atoms with Crippen LogP contribution in [-0.4, -0.2) is 44.7 Å². The van der Waals surface area contributed by atoms with E-state index in [0.717, 1.165) is 49.5 Å². The van der Waals surface area contributed by atoms with Gasteiger partial charge in [-0.1, -0.05) is 19.9 Å². The standard InChI is InChI=1S/C25H31N7O/c1-17-5-4-10-32(23(17)33)20-8-9-22(26-12-20)29-18-6-7-19(11-18)30-24-27-13-21(14-28-24)31-15-25(2,3)16-31/h4-5,8-10,12-14,18-19H,6-7,11,15-16H2,1-3H3,(H,26,29)(H,27,28,30)/t18-,19-/m0/s1. The van der Waals surface area contributed by atoms with Gasteiger partial charge in [-0.05, 0) is 49.8 Å². The first-order valence-electron chi connectivity index (χ1n) is 11.6. The van der Waals surface area contributed by atoms with Crippen molar-refractivity contribution in [2.24, 2.45) is 5.41 Å². The molecule has 5 rings (SSSR count). The topological polar surface area (TPSA) is 88.0 Å². The molecule has 0 amide bonds. The molecular formula is C25H31N7O. The lowest BCUT2D eigenvalue weighted by Gasteiger charge is -2.47. The third-order valence-electron chi connectivity index (χ3n) is 6.52. The zero-order chi connectivity index (χ0) is 23.0. The normalized spacial score (nSPS) is 21.5. The first-order chi connectivity index (χ1) is 15.9. The van der Waals surface area contributed by atoms with Crippen molar-refractivity contribution in [2.75, 3.05) is 28.6 Å². The summed E-state index contributed by atoms with van der Waals surface area (Å²) in [6.07, 6.45) is 10.4. The van der Waals surface area contributed by atoms with Crippen LogP contribution in [0.1, 0.15) is 38.7 Å². The Morgan fingerprint density at radius 3 is 2.30 bits per heavy atom. The van der Waals surface area contributed by atoms with E-state index in [9.17, 15) is 4.79 Å². The number of hydrogen-bond donors (Lipinski definition) is 2. The van der Waals surface area contributed by atoms with E-state index in [4.69, 9.17) is 0 Å². The number of pyridine rings is 2. The van der Waals surface area contributed by atoms with Gasteiger partial charge in [0.05, 0.1) is 30.0 Å². The zero-order valence-electron chi connectivity index (χ0n) is 19.5. The summed E-state index contributed by atoms with van der Waals surface area (Å²) in [4.78, 5) is 28.2. The van der Waals surface area contributed by atoms with Crippen molar-refractivity contribution in [2.45, 2.75) is 52.1 Å². The van der Waals surface area contributed by atoms with E-state index in [1.54, 1.807) is 17.0 Å². The van der Waals surface area contributed by atoms with Crippen molar-refractivity contribution in [1.29, 1.82) is 0 Å². The summed E-state index contributed by atoms with van der Waals surface area (Å²) < 4.78 is 1.62. The maximum atomic E-state index is 12.3. The van der Waals surface area contributed by atoms with E-state index in [1.807, 2.05) is 43.6 Å². The monoisotopic (exact) mass is 445 g/mol. The fourth-order valence-electron chi connectivity index (χ4n) is 4.78. The lowest BCUT2D eigenvalue weighted by molar-refractivity contribution is 0.276. The predicted octanol–water partition coefficient (Wildman–Crippen LogP) is 3.62. The molecule has 2 atom stereocenters. The van der Waals surface area contributed by atoms with Crippen molar-refractivity contribution in [3.05, 3.63) is 65.0 Å². The molecule has 2 fully saturated rings. The van der Waals surface area contributed by atoms with Gasteiger partial charge in [0.15, 0.2) is 0 Å². The largest absolute Gasteiger partial charge is 0.368 e. The minimum Gasteiger partial charge on any atom is -0.368 e. The number of hydrogen-bond acceptors (Lipinski definition) is 7. The summed E-state index contributed by atoms with van der Waals surface area (Å²) in [7, 11) is 0. The van der Waals surface area contributed by atoms with Gasteiger partial charge >= 0.3 is 0 Å². The quantitative estimate of drug-likeness (QED) is 0.599. The number of aromatic nitrogens is 4. The first kappa shape index (κ1) is 21.4. The highest BCUT2D eigenvalue weighted by molar-refractivity contribution is 5.48. The van der Waals surface area contributed by atoms with Gasteiger partial charge in [-0.15, -0.1) is 0 Å². The van der Waals surface area contributed by atoms with Crippen molar-refractivity contribution in [1.82, 2.24) is 19.5 Å². The molecule has 1 saturated heterocycles. The third kappa shape index (κ3) is 4.69. The van der Waals surface area contributed by atoms with E-state index in [-0.39, 0.29) is 5.56 Å². The van der Waals surface area contributed by atoms with Gasteiger partial charge in [0.1, 0.15) is 5.82 Å². The second-order valence-corrected chi connectivity index (χ2v) is 10.0. The molecule has 4 heterocycles. The van der Waals surface area contributed by atoms with Crippen LogP contribution in [0.3, 0.4) is 0 Å². The number of nitrogens with zero attached hydrogens (tertiary/aromatic N) is 5. The number of rotatable bonds is 6. The molecule has 172 valence electrons. The smallest absolute Gasteiger partial charge is 0.258 e. The highest BCUT2D eigenvalue weighted by Gasteiger charge is 2.34. The molecule has 0 spiro atoms. The second-order valence-electron chi connectivity index (χ2n) is 10.0. The van der Waals surface area contributed by atoms with Gasteiger partial charge in [-0.3, -0.25) is 9.36 Å². The van der Waals surface area contributed by atoms with Crippen LogP contribution in [0, 0.1) is 12.3 Å². The summed E-state index contributed by atoms with van der Waals surface area (Å²) in [6, 6.07) is 8.22. The molecule has 8 nitrogen and oxygen atoms in total. The number of nitrogens with one attached hydrogen (secondary N) is 2. The molecule has 1 saturated carbocycles. The fraction of sp³-hybridized carbons (Fsp3) is 0.440. The average Bonchev–Trinajstić information content (AvgIpc) is 3.22. The Hall–Kier alpha value is -3.42. The lowest BCUT2D eigenvalue weighted by atomic mass is 9.84. The third-order valence-corrected chi connectivity index (χ3v) is 6.52. The van der Waals surface area contributed by atoms with Crippen LogP contribution in [-0.2, 0) is 0 Å². The van der Waals surface area contributed by atoms with Gasteiger partial charge < -0.3 is 15.5 Å². The predicted molar refractivity (Wildman–Crippen MR) is 131 cm³/mol. The van der Waals surface area contributed by atoms with Crippen LogP contribution in [0.2, 0.25) is 0 Å². The van der Waals surface area contributed by atoms with Crippen LogP contribution in [0.15, 0.2) is 53.8 Å². The second kappa shape index (κ2) is 8.50. The minimum atomic E-state index is -0.0197. The molecule has 0 unspecified atom stereocenters. The van der Waals surface area contributed by atoms with Crippen molar-refractivity contribution in [3.63, 3.8) is 0 Å². The molecule has 1 aliphatic carbocycles. The Morgan fingerprint density at radius 2 is 1.64 bits per heavy atom. The van der Waals surface area contributed by atoms with Crippen LogP contribution < -0.4 is 21.1 Å². The van der Waals surface area contributed by atoms with Gasteiger partial charge in [0.25, 0.3) is 5.56 Å². The molecule has 2 N–H and O–H groups in total. The molecule has 2 aliphatic rings. The summed E-state index contributed by atoms with van der Waals surface area (Å²) in [5.41, 5.74) is 2.94. The van der Waals surface area contributed by atoms with Crippen LogP contribution >= 0.6 is 0 Å². The highest BCUT2D eigenvalue weighted by atomic mass is 16.1. The maximum absolute atomic E-state index is 12.3.